The van der Waals surface area contributed by atoms with Crippen molar-refractivity contribution in [2.75, 3.05) is 0 Å². The molecular weight excluding hydrogens is 232 g/mol. The average molecular weight is 250 g/mol. The molecule has 4 heteroatoms. The standard InChI is InChI=1S/C13H18N2OS/c14-13(17)12-10(5-4-8-15-12)9-16-11-6-2-1-3-7-11/h4-5,8,11H,1-3,6-7,9H2,(H2,14,17). The van der Waals surface area contributed by atoms with Crippen LogP contribution in [-0.4, -0.2) is 16.1 Å². The Hall–Kier alpha value is -1.00. The van der Waals surface area contributed by atoms with Gasteiger partial charge in [0.25, 0.3) is 0 Å². The SMILES string of the molecule is NC(=S)c1ncccc1COC1CCCCC1. The summed E-state index contributed by atoms with van der Waals surface area (Å²) in [7, 11) is 0. The summed E-state index contributed by atoms with van der Waals surface area (Å²) >= 11 is 4.98. The summed E-state index contributed by atoms with van der Waals surface area (Å²) in [5.74, 6) is 0. The molecule has 0 saturated heterocycles. The number of ether oxygens (including phenoxy) is 1. The molecule has 2 N–H and O–H groups in total. The van der Waals surface area contributed by atoms with Gasteiger partial charge in [-0.3, -0.25) is 4.98 Å². The minimum Gasteiger partial charge on any atom is -0.388 e. The predicted octanol–water partition coefficient (Wildman–Crippen LogP) is 2.57. The molecule has 17 heavy (non-hydrogen) atoms. The minimum absolute atomic E-state index is 0.341. The molecular formula is C13H18N2OS. The second kappa shape index (κ2) is 6.07. The van der Waals surface area contributed by atoms with Gasteiger partial charge in [-0.2, -0.15) is 0 Å². The van der Waals surface area contributed by atoms with Crippen molar-refractivity contribution in [3.63, 3.8) is 0 Å². The number of thiocarbonyl (C=S) groups is 1. The molecule has 0 atom stereocenters. The van der Waals surface area contributed by atoms with Crippen molar-refractivity contribution in [3.05, 3.63) is 29.6 Å². The first-order chi connectivity index (χ1) is 8.27. The van der Waals surface area contributed by atoms with Crippen LogP contribution in [0.5, 0.6) is 0 Å². The van der Waals surface area contributed by atoms with Crippen molar-refractivity contribution in [1.82, 2.24) is 4.98 Å². The number of nitrogens with two attached hydrogens (primary N) is 1. The van der Waals surface area contributed by atoms with Crippen LogP contribution in [0.15, 0.2) is 18.3 Å². The summed E-state index contributed by atoms with van der Waals surface area (Å²) in [5.41, 5.74) is 7.32. The number of hydrogen-bond donors (Lipinski definition) is 1. The maximum Gasteiger partial charge on any atom is 0.123 e. The smallest absolute Gasteiger partial charge is 0.123 e. The van der Waals surface area contributed by atoms with Crippen molar-refractivity contribution in [1.29, 1.82) is 0 Å². The Morgan fingerprint density at radius 2 is 2.18 bits per heavy atom. The maximum absolute atomic E-state index is 5.90. The maximum atomic E-state index is 5.90. The van der Waals surface area contributed by atoms with Gasteiger partial charge in [-0.15, -0.1) is 0 Å². The summed E-state index contributed by atoms with van der Waals surface area (Å²) in [6.45, 7) is 0.561. The van der Waals surface area contributed by atoms with E-state index in [9.17, 15) is 0 Å². The van der Waals surface area contributed by atoms with Crippen LogP contribution in [0, 0.1) is 0 Å². The Morgan fingerprint density at radius 3 is 2.88 bits per heavy atom. The first-order valence-electron chi connectivity index (χ1n) is 6.12. The van der Waals surface area contributed by atoms with Crippen LogP contribution in [0.1, 0.15) is 43.4 Å². The lowest BCUT2D eigenvalue weighted by Crippen LogP contribution is -2.19. The molecule has 1 saturated carbocycles. The summed E-state index contributed by atoms with van der Waals surface area (Å²) in [5, 5.41) is 0. The Morgan fingerprint density at radius 1 is 1.41 bits per heavy atom. The quantitative estimate of drug-likeness (QED) is 0.834. The van der Waals surface area contributed by atoms with Crippen LogP contribution in [0.3, 0.4) is 0 Å². The normalized spacial score (nSPS) is 16.9. The van der Waals surface area contributed by atoms with Crippen LogP contribution in [0.4, 0.5) is 0 Å². The molecule has 0 spiro atoms. The van der Waals surface area contributed by atoms with Gasteiger partial charge in [0.2, 0.25) is 0 Å². The molecule has 1 aliphatic rings. The lowest BCUT2D eigenvalue weighted by atomic mass is 9.98. The Balaban J connectivity index is 1.96. The minimum atomic E-state index is 0.341. The topological polar surface area (TPSA) is 48.1 Å². The second-order valence-electron chi connectivity index (χ2n) is 4.45. The van der Waals surface area contributed by atoms with Gasteiger partial charge in [-0.05, 0) is 18.9 Å². The number of pyridine rings is 1. The monoisotopic (exact) mass is 250 g/mol. The number of nitrogens with zero attached hydrogens (tertiary/aromatic N) is 1. The van der Waals surface area contributed by atoms with E-state index in [1.165, 1.54) is 32.1 Å². The zero-order chi connectivity index (χ0) is 12.1. The van der Waals surface area contributed by atoms with Crippen LogP contribution in [0.25, 0.3) is 0 Å². The van der Waals surface area contributed by atoms with Crippen molar-refractivity contribution in [3.8, 4) is 0 Å². The van der Waals surface area contributed by atoms with E-state index >= 15 is 0 Å². The van der Waals surface area contributed by atoms with Gasteiger partial charge in [0.05, 0.1) is 12.7 Å². The first kappa shape index (κ1) is 12.5. The highest BCUT2D eigenvalue weighted by atomic mass is 32.1. The molecule has 1 fully saturated rings. The average Bonchev–Trinajstić information content (AvgIpc) is 2.38. The van der Waals surface area contributed by atoms with E-state index in [1.54, 1.807) is 6.20 Å². The molecule has 2 rings (SSSR count). The Labute approximate surface area is 107 Å². The van der Waals surface area contributed by atoms with Crippen LogP contribution in [0.2, 0.25) is 0 Å². The summed E-state index contributed by atoms with van der Waals surface area (Å²) in [6, 6.07) is 3.87. The fraction of sp³-hybridized carbons (Fsp3) is 0.538. The summed E-state index contributed by atoms with van der Waals surface area (Å²) in [6.07, 6.45) is 8.33. The third-order valence-electron chi connectivity index (χ3n) is 3.15. The fourth-order valence-corrected chi connectivity index (χ4v) is 2.40. The van der Waals surface area contributed by atoms with E-state index < -0.39 is 0 Å². The Kier molecular flexibility index (Phi) is 4.45. The molecule has 92 valence electrons. The van der Waals surface area contributed by atoms with Gasteiger partial charge < -0.3 is 10.5 Å². The van der Waals surface area contributed by atoms with Gasteiger partial charge in [0.1, 0.15) is 10.7 Å². The number of rotatable bonds is 4. The summed E-state index contributed by atoms with van der Waals surface area (Å²) in [4.78, 5) is 4.54. The molecule has 0 aromatic carbocycles. The molecule has 0 radical (unpaired) electrons. The number of hydrogen-bond acceptors (Lipinski definition) is 3. The Bertz CT molecular complexity index is 389. The van der Waals surface area contributed by atoms with Crippen LogP contribution >= 0.6 is 12.2 Å². The highest BCUT2D eigenvalue weighted by Gasteiger charge is 2.15. The van der Waals surface area contributed by atoms with E-state index in [0.29, 0.717) is 23.4 Å². The molecule has 1 heterocycles. The first-order valence-corrected chi connectivity index (χ1v) is 6.53. The highest BCUT2D eigenvalue weighted by Crippen LogP contribution is 2.21. The van der Waals surface area contributed by atoms with Gasteiger partial charge >= 0.3 is 0 Å². The van der Waals surface area contributed by atoms with E-state index in [0.717, 1.165) is 5.56 Å². The molecule has 0 bridgehead atoms. The van der Waals surface area contributed by atoms with Crippen LogP contribution in [-0.2, 0) is 11.3 Å². The summed E-state index contributed by atoms with van der Waals surface area (Å²) < 4.78 is 5.90. The lowest BCUT2D eigenvalue weighted by Gasteiger charge is -2.22. The largest absolute Gasteiger partial charge is 0.388 e. The highest BCUT2D eigenvalue weighted by molar-refractivity contribution is 7.80. The predicted molar refractivity (Wildman–Crippen MR) is 71.8 cm³/mol. The van der Waals surface area contributed by atoms with Gasteiger partial charge in [0, 0.05) is 11.8 Å². The second-order valence-corrected chi connectivity index (χ2v) is 4.89. The van der Waals surface area contributed by atoms with E-state index in [4.69, 9.17) is 22.7 Å². The van der Waals surface area contributed by atoms with E-state index in [2.05, 4.69) is 4.98 Å². The van der Waals surface area contributed by atoms with E-state index in [-0.39, 0.29) is 0 Å². The molecule has 0 amide bonds. The zero-order valence-corrected chi connectivity index (χ0v) is 10.7. The van der Waals surface area contributed by atoms with Crippen molar-refractivity contribution in [2.24, 2.45) is 5.73 Å². The number of aromatic nitrogens is 1. The van der Waals surface area contributed by atoms with Gasteiger partial charge in [0.15, 0.2) is 0 Å². The van der Waals surface area contributed by atoms with Gasteiger partial charge in [-0.25, -0.2) is 0 Å². The van der Waals surface area contributed by atoms with Crippen molar-refractivity contribution < 1.29 is 4.74 Å². The van der Waals surface area contributed by atoms with Gasteiger partial charge in [-0.1, -0.05) is 37.5 Å². The van der Waals surface area contributed by atoms with Crippen molar-refractivity contribution in [2.45, 2.75) is 44.8 Å². The molecule has 1 aromatic rings. The molecule has 0 unspecified atom stereocenters. The molecule has 3 nitrogen and oxygen atoms in total. The molecule has 1 aliphatic carbocycles. The third-order valence-corrected chi connectivity index (χ3v) is 3.34. The van der Waals surface area contributed by atoms with Crippen molar-refractivity contribution >= 4 is 17.2 Å². The van der Waals surface area contributed by atoms with E-state index in [1.807, 2.05) is 12.1 Å². The molecule has 1 aromatic heterocycles. The molecule has 0 aliphatic heterocycles. The lowest BCUT2D eigenvalue weighted by molar-refractivity contribution is 0.0167. The van der Waals surface area contributed by atoms with Crippen LogP contribution < -0.4 is 5.73 Å². The fourth-order valence-electron chi connectivity index (χ4n) is 2.22. The third kappa shape index (κ3) is 3.48. The zero-order valence-electron chi connectivity index (χ0n) is 9.89.